The number of anilines is 2. The average molecular weight is 504 g/mol. The minimum atomic E-state index is -0.303. The zero-order valence-corrected chi connectivity index (χ0v) is 20.7. The molecule has 1 aromatic heterocycles. The lowest BCUT2D eigenvalue weighted by molar-refractivity contribution is -0.121. The van der Waals surface area contributed by atoms with Crippen molar-refractivity contribution in [3.63, 3.8) is 0 Å². The summed E-state index contributed by atoms with van der Waals surface area (Å²) >= 11 is 1.61. The molecule has 2 amide bonds. The number of hydrogen-bond acceptors (Lipinski definition) is 7. The maximum atomic E-state index is 13.3. The summed E-state index contributed by atoms with van der Waals surface area (Å²) < 4.78 is 11.1. The fourth-order valence-electron chi connectivity index (χ4n) is 4.25. The number of carbonyl (C=O) groups is 3. The first-order chi connectivity index (χ1) is 17.5. The third-order valence-electron chi connectivity index (χ3n) is 6.05. The normalized spacial score (nSPS) is 14.6. The number of ketones is 1. The van der Waals surface area contributed by atoms with Gasteiger partial charge in [0.15, 0.2) is 19.0 Å². The Balaban J connectivity index is 1.43. The van der Waals surface area contributed by atoms with Crippen LogP contribution in [0.3, 0.4) is 0 Å². The van der Waals surface area contributed by atoms with E-state index < -0.39 is 0 Å². The summed E-state index contributed by atoms with van der Waals surface area (Å²) in [4.78, 5) is 46.1. The lowest BCUT2D eigenvalue weighted by Crippen LogP contribution is -2.42. The number of benzene rings is 2. The van der Waals surface area contributed by atoms with E-state index in [0.29, 0.717) is 35.0 Å². The molecule has 8 nitrogen and oxygen atoms in total. The van der Waals surface area contributed by atoms with E-state index in [1.807, 2.05) is 23.6 Å². The molecule has 9 heteroatoms. The molecule has 2 aliphatic heterocycles. The van der Waals surface area contributed by atoms with Gasteiger partial charge in [-0.3, -0.25) is 19.3 Å². The number of aryl methyl sites for hydroxylation is 1. The van der Waals surface area contributed by atoms with Crippen molar-refractivity contribution in [3.05, 3.63) is 65.0 Å². The third-order valence-corrected chi connectivity index (χ3v) is 6.96. The minimum Gasteiger partial charge on any atom is -0.482 e. The molecule has 0 saturated carbocycles. The summed E-state index contributed by atoms with van der Waals surface area (Å²) in [5, 5.41) is 3.06. The van der Waals surface area contributed by atoms with Crippen molar-refractivity contribution in [2.45, 2.75) is 19.8 Å². The Hall–Kier alpha value is -3.98. The van der Waals surface area contributed by atoms with Gasteiger partial charge in [0.25, 0.3) is 11.8 Å². The zero-order valence-electron chi connectivity index (χ0n) is 19.9. The minimum absolute atomic E-state index is 0.0611. The molecule has 0 atom stereocenters. The fourth-order valence-corrected chi connectivity index (χ4v) is 5.16. The number of Topliss-reactive ketones (excluding diaryl/α,β-unsaturated/α-hetero) is 1. The monoisotopic (exact) mass is 503 g/mol. The Morgan fingerprint density at radius 2 is 1.75 bits per heavy atom. The van der Waals surface area contributed by atoms with Gasteiger partial charge < -0.3 is 14.4 Å². The molecule has 2 aromatic carbocycles. The summed E-state index contributed by atoms with van der Waals surface area (Å²) in [5.41, 5.74) is 3.11. The maximum Gasteiger partial charge on any atom is 0.265 e. The number of rotatable bonds is 8. The van der Waals surface area contributed by atoms with Gasteiger partial charge in [-0.15, -0.1) is 17.9 Å². The van der Waals surface area contributed by atoms with Crippen molar-refractivity contribution < 1.29 is 23.9 Å². The van der Waals surface area contributed by atoms with Crippen LogP contribution in [0.15, 0.2) is 54.4 Å². The van der Waals surface area contributed by atoms with Gasteiger partial charge in [0.2, 0.25) is 0 Å². The number of thiazole rings is 1. The van der Waals surface area contributed by atoms with E-state index in [0.717, 1.165) is 29.1 Å². The second kappa shape index (κ2) is 9.94. The number of hydrogen-bond donors (Lipinski definition) is 0. The van der Waals surface area contributed by atoms with Gasteiger partial charge in [0, 0.05) is 23.1 Å². The summed E-state index contributed by atoms with van der Waals surface area (Å²) in [6.45, 7) is 5.76. The lowest BCUT2D eigenvalue weighted by atomic mass is 10.1. The van der Waals surface area contributed by atoms with Crippen LogP contribution in [-0.2, 0) is 16.0 Å². The number of nitrogens with zero attached hydrogens (tertiary/aromatic N) is 3. The van der Waals surface area contributed by atoms with Crippen molar-refractivity contribution in [1.82, 2.24) is 4.98 Å². The molecule has 0 bridgehead atoms. The van der Waals surface area contributed by atoms with Crippen LogP contribution in [0.4, 0.5) is 11.4 Å². The standard InChI is InChI=1S/C27H25N3O5S/c1-3-5-25-28-19(16-36-25)17-6-8-24-21(11-17)30(27(33)15-35-24)13-22(31)18-7-9-23-20(12-18)29(10-4-2)26(32)14-34-23/h4,6-9,11-12,16H,2-3,5,10,13-15H2,1H3. The SMILES string of the molecule is C=CCN1C(=O)COc2ccc(C(=O)CN3C(=O)COc4ccc(-c5csc(CCC)n5)cc43)cc21. The highest BCUT2D eigenvalue weighted by atomic mass is 32.1. The number of aromatic nitrogens is 1. The Labute approximate surface area is 212 Å². The highest BCUT2D eigenvalue weighted by molar-refractivity contribution is 7.09. The molecule has 3 aromatic rings. The van der Waals surface area contributed by atoms with Gasteiger partial charge in [-0.2, -0.15) is 0 Å². The first-order valence-electron chi connectivity index (χ1n) is 11.7. The zero-order chi connectivity index (χ0) is 25.2. The van der Waals surface area contributed by atoms with E-state index >= 15 is 0 Å². The molecular weight excluding hydrogens is 478 g/mol. The van der Waals surface area contributed by atoms with Gasteiger partial charge in [-0.25, -0.2) is 4.98 Å². The lowest BCUT2D eigenvalue weighted by Gasteiger charge is -2.30. The van der Waals surface area contributed by atoms with E-state index in [4.69, 9.17) is 14.5 Å². The van der Waals surface area contributed by atoms with Crippen LogP contribution in [0.1, 0.15) is 28.7 Å². The van der Waals surface area contributed by atoms with Crippen LogP contribution in [0.2, 0.25) is 0 Å². The second-order valence-electron chi connectivity index (χ2n) is 8.51. The summed E-state index contributed by atoms with van der Waals surface area (Å²) in [6.07, 6.45) is 3.55. The summed E-state index contributed by atoms with van der Waals surface area (Å²) in [7, 11) is 0. The first-order valence-corrected chi connectivity index (χ1v) is 12.6. The number of amides is 2. The van der Waals surface area contributed by atoms with Crippen molar-refractivity contribution in [1.29, 1.82) is 0 Å². The van der Waals surface area contributed by atoms with E-state index in [-0.39, 0.29) is 37.4 Å². The molecule has 0 spiro atoms. The van der Waals surface area contributed by atoms with Crippen LogP contribution < -0.4 is 19.3 Å². The predicted molar refractivity (Wildman–Crippen MR) is 138 cm³/mol. The van der Waals surface area contributed by atoms with E-state index in [9.17, 15) is 14.4 Å². The van der Waals surface area contributed by atoms with Gasteiger partial charge in [-0.1, -0.05) is 13.0 Å². The van der Waals surface area contributed by atoms with E-state index in [2.05, 4.69) is 13.5 Å². The Kier molecular flexibility index (Phi) is 6.56. The van der Waals surface area contributed by atoms with E-state index in [1.54, 1.807) is 35.6 Å². The molecule has 0 radical (unpaired) electrons. The molecule has 0 N–H and O–H groups in total. The number of fused-ring (bicyclic) bond motifs is 2. The molecule has 2 aliphatic rings. The van der Waals surface area contributed by atoms with Gasteiger partial charge in [0.05, 0.1) is 28.6 Å². The highest BCUT2D eigenvalue weighted by Gasteiger charge is 2.30. The smallest absolute Gasteiger partial charge is 0.265 e. The maximum absolute atomic E-state index is 13.3. The van der Waals surface area contributed by atoms with Gasteiger partial charge >= 0.3 is 0 Å². The molecule has 3 heterocycles. The number of ether oxygens (including phenoxy) is 2. The van der Waals surface area contributed by atoms with Crippen LogP contribution >= 0.6 is 11.3 Å². The Bertz CT molecular complexity index is 1370. The van der Waals surface area contributed by atoms with Crippen LogP contribution in [-0.4, -0.2) is 48.9 Å². The quantitative estimate of drug-likeness (QED) is 0.337. The van der Waals surface area contributed by atoms with Crippen LogP contribution in [0, 0.1) is 0 Å². The third kappa shape index (κ3) is 4.49. The number of carbonyl (C=O) groups excluding carboxylic acids is 3. The second-order valence-corrected chi connectivity index (χ2v) is 9.46. The molecule has 36 heavy (non-hydrogen) atoms. The van der Waals surface area contributed by atoms with Gasteiger partial charge in [-0.05, 0) is 49.2 Å². The summed E-state index contributed by atoms with van der Waals surface area (Å²) in [6, 6.07) is 10.5. The molecule has 5 rings (SSSR count). The van der Waals surface area contributed by atoms with Crippen molar-refractivity contribution in [2.24, 2.45) is 0 Å². The molecule has 0 unspecified atom stereocenters. The molecule has 184 valence electrons. The Morgan fingerprint density at radius 1 is 1.06 bits per heavy atom. The van der Waals surface area contributed by atoms with Gasteiger partial charge in [0.1, 0.15) is 11.5 Å². The van der Waals surface area contributed by atoms with Crippen molar-refractivity contribution in [3.8, 4) is 22.8 Å². The van der Waals surface area contributed by atoms with Crippen molar-refractivity contribution >= 4 is 40.3 Å². The van der Waals surface area contributed by atoms with Crippen LogP contribution in [0.25, 0.3) is 11.3 Å². The topological polar surface area (TPSA) is 89.0 Å². The Morgan fingerprint density at radius 3 is 2.47 bits per heavy atom. The van der Waals surface area contributed by atoms with Crippen molar-refractivity contribution in [2.75, 3.05) is 36.1 Å². The highest BCUT2D eigenvalue weighted by Crippen LogP contribution is 2.37. The molecule has 0 saturated heterocycles. The summed E-state index contributed by atoms with van der Waals surface area (Å²) in [5.74, 6) is 0.288. The molecule has 0 fully saturated rings. The fraction of sp³-hybridized carbons (Fsp3) is 0.259. The molecular formula is C27H25N3O5S. The molecule has 0 aliphatic carbocycles. The average Bonchev–Trinajstić information content (AvgIpc) is 3.36. The predicted octanol–water partition coefficient (Wildman–Crippen LogP) is 4.28. The van der Waals surface area contributed by atoms with Crippen LogP contribution in [0.5, 0.6) is 11.5 Å². The largest absolute Gasteiger partial charge is 0.482 e. The first kappa shape index (κ1) is 23.7. The van der Waals surface area contributed by atoms with E-state index in [1.165, 1.54) is 9.80 Å².